The molecule has 4 heteroatoms. The van der Waals surface area contributed by atoms with Crippen LogP contribution in [0.4, 0.5) is 0 Å². The molecule has 3 rings (SSSR count). The minimum atomic E-state index is -2.71. The molecule has 0 bridgehead atoms. The Morgan fingerprint density at radius 3 is 1.08 bits per heavy atom. The summed E-state index contributed by atoms with van der Waals surface area (Å²) in [6.45, 7) is 0. The van der Waals surface area contributed by atoms with Gasteiger partial charge in [-0.05, 0) is 0 Å². The molecule has 0 saturated heterocycles. The molecule has 0 aromatic heterocycles. The van der Waals surface area contributed by atoms with Crippen molar-refractivity contribution in [2.24, 2.45) is 0 Å². The van der Waals surface area contributed by atoms with Crippen LogP contribution in [0.2, 0.25) is 0 Å². The summed E-state index contributed by atoms with van der Waals surface area (Å²) in [7, 11) is 0. The molecule has 0 heterocycles. The Morgan fingerprint density at radius 2 is 0.833 bits per heavy atom. The molecule has 0 aliphatic rings. The van der Waals surface area contributed by atoms with E-state index in [9.17, 15) is 9.59 Å². The predicted octanol–water partition coefficient (Wildman–Crippen LogP) is 2.63. The van der Waals surface area contributed by atoms with Crippen LogP contribution < -0.4 is 15.9 Å². The van der Waals surface area contributed by atoms with Gasteiger partial charge in [-0.2, -0.15) is 0 Å². The van der Waals surface area contributed by atoms with E-state index in [4.69, 9.17) is 0 Å². The van der Waals surface area contributed by atoms with E-state index < -0.39 is 19.4 Å². The molecule has 0 radical (unpaired) electrons. The van der Waals surface area contributed by atoms with Gasteiger partial charge in [-0.15, -0.1) is 0 Å². The molecular weight excluding hydrogens is 359 g/mol. The van der Waals surface area contributed by atoms with Crippen molar-refractivity contribution in [3.8, 4) is 0 Å². The molecule has 0 spiro atoms. The normalized spacial score (nSPS) is 12.2. The first-order chi connectivity index (χ1) is 11.8. The average molecular weight is 377 g/mol. The number of hydrogen-bond acceptors (Lipinski definition) is 2. The van der Waals surface area contributed by atoms with E-state index in [1.54, 1.807) is 0 Å². The monoisotopic (exact) mass is 377 g/mol. The third-order valence-electron chi connectivity index (χ3n) is 3.98. The van der Waals surface area contributed by atoms with Gasteiger partial charge >= 0.3 is 146 Å². The van der Waals surface area contributed by atoms with Crippen molar-refractivity contribution < 1.29 is 23.0 Å². The van der Waals surface area contributed by atoms with Crippen LogP contribution in [0.5, 0.6) is 0 Å². The van der Waals surface area contributed by atoms with E-state index >= 15 is 0 Å². The fourth-order valence-corrected chi connectivity index (χ4v) is 13.1. The summed E-state index contributed by atoms with van der Waals surface area (Å²) >= 11 is -1.68. The molecule has 24 heavy (non-hydrogen) atoms. The van der Waals surface area contributed by atoms with E-state index in [1.807, 2.05) is 54.6 Å². The van der Waals surface area contributed by atoms with Crippen LogP contribution in [0, 0.1) is 0 Å². The second-order valence-corrected chi connectivity index (χ2v) is 13.9. The van der Waals surface area contributed by atoms with E-state index in [0.29, 0.717) is 0 Å². The maximum absolute atomic E-state index is 11.9. The van der Waals surface area contributed by atoms with Crippen molar-refractivity contribution in [3.05, 3.63) is 91.0 Å². The molecule has 0 fully saturated rings. The van der Waals surface area contributed by atoms with E-state index in [0.717, 1.165) is 26.3 Å². The van der Waals surface area contributed by atoms with E-state index in [2.05, 4.69) is 36.4 Å². The van der Waals surface area contributed by atoms with Crippen molar-refractivity contribution in [2.75, 3.05) is 0 Å². The Balaban J connectivity index is 2.41. The van der Waals surface area contributed by atoms with Crippen LogP contribution in [-0.2, 0) is 23.0 Å². The van der Waals surface area contributed by atoms with Gasteiger partial charge < -0.3 is 0 Å². The predicted molar refractivity (Wildman–Crippen MR) is 100 cm³/mol. The number of carbonyl (C=O) groups excluding carboxylic acids is 2. The number of benzene rings is 3. The van der Waals surface area contributed by atoms with Gasteiger partial charge in [-0.1, -0.05) is 0 Å². The first-order valence-electron chi connectivity index (χ1n) is 7.54. The van der Waals surface area contributed by atoms with Crippen molar-refractivity contribution in [2.45, 2.75) is 0 Å². The molecule has 0 amide bonds. The molecular formula is C20H18FeO2P. The summed E-state index contributed by atoms with van der Waals surface area (Å²) in [6.07, 6.45) is 0. The number of carbonyl (C=O) groups is 2. The molecule has 2 nitrogen and oxygen atoms in total. The molecule has 0 aliphatic carbocycles. The van der Waals surface area contributed by atoms with Crippen LogP contribution in [-0.4, -0.2) is 10.4 Å². The molecule has 0 aliphatic heterocycles. The Labute approximate surface area is 146 Å². The van der Waals surface area contributed by atoms with Crippen LogP contribution in [0.25, 0.3) is 0 Å². The topological polar surface area (TPSA) is 34.1 Å². The van der Waals surface area contributed by atoms with Gasteiger partial charge in [-0.3, -0.25) is 0 Å². The summed E-state index contributed by atoms with van der Waals surface area (Å²) in [5, 5.41) is 5.09. The maximum atomic E-state index is 11.9. The molecule has 123 valence electrons. The zero-order chi connectivity index (χ0) is 16.8. The average Bonchev–Trinajstić information content (AvgIpc) is 2.68. The van der Waals surface area contributed by atoms with Crippen molar-refractivity contribution in [1.29, 1.82) is 0 Å². The first kappa shape index (κ1) is 16.8. The molecule has 3 aromatic rings. The third kappa shape index (κ3) is 2.87. The van der Waals surface area contributed by atoms with Crippen LogP contribution >= 0.6 is 5.95 Å². The summed E-state index contributed by atoms with van der Waals surface area (Å²) in [6, 6.07) is 30.1. The Hall–Kier alpha value is -2.05. The summed E-state index contributed by atoms with van der Waals surface area (Å²) in [4.78, 5) is 23.9. The van der Waals surface area contributed by atoms with Gasteiger partial charge in [0.1, 0.15) is 0 Å². The summed E-state index contributed by atoms with van der Waals surface area (Å²) < 4.78 is 0. The molecule has 0 saturated carbocycles. The van der Waals surface area contributed by atoms with Crippen molar-refractivity contribution >= 4 is 32.2 Å². The van der Waals surface area contributed by atoms with Gasteiger partial charge in [-0.25, -0.2) is 0 Å². The van der Waals surface area contributed by atoms with Crippen molar-refractivity contribution in [3.63, 3.8) is 0 Å². The second-order valence-electron chi connectivity index (χ2n) is 5.23. The van der Waals surface area contributed by atoms with Crippen LogP contribution in [0.3, 0.4) is 0 Å². The van der Waals surface area contributed by atoms with Gasteiger partial charge in [0.2, 0.25) is 0 Å². The second kappa shape index (κ2) is 7.68. The summed E-state index contributed by atoms with van der Waals surface area (Å²) in [5.41, 5.74) is 0. The van der Waals surface area contributed by atoms with Gasteiger partial charge in [0.15, 0.2) is 0 Å². The zero-order valence-corrected chi connectivity index (χ0v) is 15.1. The first-order valence-corrected chi connectivity index (χ1v) is 12.3. The standard InChI is InChI=1S/C18H15P.2CHO.Fe/c1-4-10-16(11-5-1)19(17-12-6-2-7-13-17)18-14-8-3-9-15-18;2*1-2;/h1-15H;2*1H;/q;;;-1/p+1. The fourth-order valence-electron chi connectivity index (χ4n) is 2.99. The van der Waals surface area contributed by atoms with Crippen LogP contribution in [0.15, 0.2) is 91.0 Å². The Kier molecular flexibility index (Phi) is 5.37. The Morgan fingerprint density at radius 1 is 0.542 bits per heavy atom. The minimum absolute atomic E-state index is 0.895. The molecule has 0 N–H and O–H groups in total. The SMILES string of the molecule is O=[CH][Fe]([CH]=O)[PH](c1ccccc1)(c1ccccc1)c1ccccc1. The third-order valence-corrected chi connectivity index (χ3v) is 14.9. The van der Waals surface area contributed by atoms with Gasteiger partial charge in [0.05, 0.1) is 0 Å². The van der Waals surface area contributed by atoms with E-state index in [-0.39, 0.29) is 0 Å². The Bertz CT molecular complexity index is 702. The molecule has 0 atom stereocenters. The van der Waals surface area contributed by atoms with Gasteiger partial charge in [0, 0.05) is 0 Å². The zero-order valence-electron chi connectivity index (χ0n) is 13.0. The number of hydrogen-bond donors (Lipinski definition) is 0. The number of rotatable bonds is 6. The fraction of sp³-hybridized carbons (Fsp3) is 0. The van der Waals surface area contributed by atoms with Crippen LogP contribution in [0.1, 0.15) is 0 Å². The van der Waals surface area contributed by atoms with Gasteiger partial charge in [0.25, 0.3) is 0 Å². The quantitative estimate of drug-likeness (QED) is 0.376. The molecule has 0 unspecified atom stereocenters. The van der Waals surface area contributed by atoms with E-state index in [1.165, 1.54) is 0 Å². The van der Waals surface area contributed by atoms with Crippen molar-refractivity contribution in [1.82, 2.24) is 0 Å². The molecule has 3 aromatic carbocycles. The summed E-state index contributed by atoms with van der Waals surface area (Å²) in [5.74, 6) is -2.71.